The second kappa shape index (κ2) is 6.55. The molecule has 1 heterocycles. The largest absolute Gasteiger partial charge is 0.479 e. The zero-order valence-corrected chi connectivity index (χ0v) is 10.8. The Labute approximate surface area is 106 Å². The Kier molecular flexibility index (Phi) is 5.36. The van der Waals surface area contributed by atoms with Crippen LogP contribution in [-0.2, 0) is 4.79 Å². The number of aliphatic hydroxyl groups is 1. The normalized spacial score (nSPS) is 22.6. The van der Waals surface area contributed by atoms with E-state index in [1.54, 1.807) is 4.90 Å². The first-order valence-corrected chi connectivity index (χ1v) is 6.05. The van der Waals surface area contributed by atoms with E-state index in [1.165, 1.54) is 0 Å². The van der Waals surface area contributed by atoms with Crippen LogP contribution in [0.25, 0.3) is 0 Å². The van der Waals surface area contributed by atoms with Gasteiger partial charge in [0.25, 0.3) is 0 Å². The molecule has 0 spiro atoms. The number of carboxylic acids is 1. The molecule has 1 aliphatic rings. The van der Waals surface area contributed by atoms with Crippen molar-refractivity contribution in [3.63, 3.8) is 0 Å². The highest BCUT2D eigenvalue weighted by Gasteiger charge is 2.25. The Hall–Kier alpha value is -1.34. The molecule has 2 amide bonds. The van der Waals surface area contributed by atoms with Crippen LogP contribution in [0.4, 0.5) is 4.79 Å². The number of likely N-dealkylation sites (N-methyl/N-ethyl adjacent to an activating group) is 1. The number of carboxylic acid groups (broad SMARTS) is 1. The lowest BCUT2D eigenvalue weighted by Crippen LogP contribution is -2.55. The topological polar surface area (TPSA) is 93.1 Å². The second-order valence-electron chi connectivity index (χ2n) is 4.68. The Morgan fingerprint density at radius 2 is 2.11 bits per heavy atom. The van der Waals surface area contributed by atoms with Gasteiger partial charge in [0.15, 0.2) is 6.10 Å². The number of carbonyl (C=O) groups excluding carboxylic acids is 1. The van der Waals surface area contributed by atoms with Gasteiger partial charge in [-0.05, 0) is 14.0 Å². The van der Waals surface area contributed by atoms with E-state index in [1.807, 2.05) is 14.0 Å². The molecule has 18 heavy (non-hydrogen) atoms. The van der Waals surface area contributed by atoms with E-state index in [4.69, 9.17) is 10.2 Å². The Morgan fingerprint density at radius 3 is 2.67 bits per heavy atom. The van der Waals surface area contributed by atoms with Gasteiger partial charge < -0.3 is 25.3 Å². The van der Waals surface area contributed by atoms with Gasteiger partial charge in [-0.15, -0.1) is 0 Å². The molecule has 1 aliphatic heterocycles. The van der Waals surface area contributed by atoms with Crippen molar-refractivity contribution in [3.8, 4) is 0 Å². The summed E-state index contributed by atoms with van der Waals surface area (Å²) in [5.74, 6) is -1.27. The lowest BCUT2D eigenvalue weighted by atomic mass is 10.2. The van der Waals surface area contributed by atoms with Crippen molar-refractivity contribution in [1.29, 1.82) is 0 Å². The summed E-state index contributed by atoms with van der Waals surface area (Å²) in [6, 6.07) is -0.0682. The lowest BCUT2D eigenvalue weighted by Gasteiger charge is -2.38. The smallest absolute Gasteiger partial charge is 0.332 e. The number of aliphatic carboxylic acids is 1. The predicted octanol–water partition coefficient (Wildman–Crippen LogP) is -0.832. The number of rotatable bonds is 4. The average molecular weight is 259 g/mol. The zero-order chi connectivity index (χ0) is 13.7. The van der Waals surface area contributed by atoms with Gasteiger partial charge in [-0.25, -0.2) is 9.59 Å². The molecule has 1 rings (SSSR count). The molecular weight excluding hydrogens is 238 g/mol. The molecule has 7 heteroatoms. The molecule has 0 aromatic rings. The van der Waals surface area contributed by atoms with Crippen molar-refractivity contribution >= 4 is 12.0 Å². The van der Waals surface area contributed by atoms with Crippen molar-refractivity contribution in [3.05, 3.63) is 0 Å². The van der Waals surface area contributed by atoms with Gasteiger partial charge in [0, 0.05) is 38.6 Å². The molecule has 0 radical (unpaired) electrons. The molecule has 3 N–H and O–H groups in total. The number of aliphatic hydroxyl groups excluding tert-OH is 1. The number of piperazine rings is 1. The summed E-state index contributed by atoms with van der Waals surface area (Å²) in [6.07, 6.45) is -1.40. The summed E-state index contributed by atoms with van der Waals surface area (Å²) in [5, 5.41) is 20.2. The molecular formula is C11H21N3O4. The summed E-state index contributed by atoms with van der Waals surface area (Å²) in [7, 11) is 2.01. The monoisotopic (exact) mass is 259 g/mol. The number of hydrogen-bond acceptors (Lipinski definition) is 4. The van der Waals surface area contributed by atoms with Gasteiger partial charge in [-0.3, -0.25) is 0 Å². The first-order chi connectivity index (χ1) is 8.41. The maximum absolute atomic E-state index is 11.8. The first kappa shape index (κ1) is 14.7. The van der Waals surface area contributed by atoms with Crippen molar-refractivity contribution in [2.45, 2.75) is 25.5 Å². The third-order valence-corrected chi connectivity index (χ3v) is 3.07. The third kappa shape index (κ3) is 4.15. The van der Waals surface area contributed by atoms with E-state index in [0.717, 1.165) is 13.1 Å². The van der Waals surface area contributed by atoms with Crippen LogP contribution in [-0.4, -0.2) is 77.4 Å². The standard InChI is InChI=1S/C11H21N3O4/c1-8-7-13(2)5-6-14(8)11(18)12-4-3-9(15)10(16)17/h8-9,15H,3-7H2,1-2H3,(H,12,18)(H,16,17)/t8?,9-/m0/s1. The van der Waals surface area contributed by atoms with Gasteiger partial charge in [0.2, 0.25) is 0 Å². The molecule has 0 aromatic carbocycles. The molecule has 0 saturated carbocycles. The van der Waals surface area contributed by atoms with Crippen LogP contribution >= 0.6 is 0 Å². The van der Waals surface area contributed by atoms with Crippen molar-refractivity contribution < 1.29 is 19.8 Å². The zero-order valence-electron chi connectivity index (χ0n) is 10.8. The van der Waals surface area contributed by atoms with E-state index in [-0.39, 0.29) is 25.0 Å². The summed E-state index contributed by atoms with van der Waals surface area (Å²) in [6.45, 7) is 4.44. The highest BCUT2D eigenvalue weighted by Crippen LogP contribution is 2.07. The number of urea groups is 1. The average Bonchev–Trinajstić information content (AvgIpc) is 2.28. The Bertz CT molecular complexity index is 311. The SMILES string of the molecule is CC1CN(C)CCN1C(=O)NCC[C@H](O)C(=O)O. The number of amides is 2. The molecule has 1 unspecified atom stereocenters. The minimum atomic E-state index is -1.42. The van der Waals surface area contributed by atoms with E-state index >= 15 is 0 Å². The molecule has 1 fully saturated rings. The molecule has 0 bridgehead atoms. The van der Waals surface area contributed by atoms with Gasteiger partial charge in [-0.2, -0.15) is 0 Å². The highest BCUT2D eigenvalue weighted by atomic mass is 16.4. The summed E-state index contributed by atoms with van der Waals surface area (Å²) >= 11 is 0. The van der Waals surface area contributed by atoms with E-state index < -0.39 is 12.1 Å². The fourth-order valence-electron chi connectivity index (χ4n) is 1.98. The molecule has 104 valence electrons. The fraction of sp³-hybridized carbons (Fsp3) is 0.818. The number of nitrogens with one attached hydrogen (secondary N) is 1. The Balaban J connectivity index is 2.30. The van der Waals surface area contributed by atoms with E-state index in [0.29, 0.717) is 6.54 Å². The second-order valence-corrected chi connectivity index (χ2v) is 4.68. The van der Waals surface area contributed by atoms with Gasteiger partial charge >= 0.3 is 12.0 Å². The minimum Gasteiger partial charge on any atom is -0.479 e. The van der Waals surface area contributed by atoms with E-state index in [2.05, 4.69) is 10.2 Å². The number of carbonyl (C=O) groups is 2. The first-order valence-electron chi connectivity index (χ1n) is 6.05. The van der Waals surface area contributed by atoms with Crippen LogP contribution in [0.2, 0.25) is 0 Å². The molecule has 0 aliphatic carbocycles. The summed E-state index contributed by atoms with van der Waals surface area (Å²) in [5.41, 5.74) is 0. The molecule has 2 atom stereocenters. The van der Waals surface area contributed by atoms with Crippen molar-refractivity contribution in [1.82, 2.24) is 15.1 Å². The fourth-order valence-corrected chi connectivity index (χ4v) is 1.98. The molecule has 7 nitrogen and oxygen atoms in total. The third-order valence-electron chi connectivity index (χ3n) is 3.07. The van der Waals surface area contributed by atoms with Crippen molar-refractivity contribution in [2.75, 3.05) is 33.2 Å². The minimum absolute atomic E-state index is 0.0171. The van der Waals surface area contributed by atoms with Crippen LogP contribution in [0.5, 0.6) is 0 Å². The maximum atomic E-state index is 11.8. The lowest BCUT2D eigenvalue weighted by molar-refractivity contribution is -0.146. The predicted molar refractivity (Wildman–Crippen MR) is 65.3 cm³/mol. The van der Waals surface area contributed by atoms with Crippen LogP contribution in [0.1, 0.15) is 13.3 Å². The number of hydrogen-bond donors (Lipinski definition) is 3. The van der Waals surface area contributed by atoms with Crippen molar-refractivity contribution in [2.24, 2.45) is 0 Å². The maximum Gasteiger partial charge on any atom is 0.332 e. The highest BCUT2D eigenvalue weighted by molar-refractivity contribution is 5.75. The molecule has 1 saturated heterocycles. The van der Waals surface area contributed by atoms with Crippen LogP contribution in [0, 0.1) is 0 Å². The van der Waals surface area contributed by atoms with Gasteiger partial charge in [0.1, 0.15) is 0 Å². The Morgan fingerprint density at radius 1 is 1.44 bits per heavy atom. The molecule has 0 aromatic heterocycles. The summed E-state index contributed by atoms with van der Waals surface area (Å²) in [4.78, 5) is 26.1. The van der Waals surface area contributed by atoms with Crippen LogP contribution < -0.4 is 5.32 Å². The van der Waals surface area contributed by atoms with E-state index in [9.17, 15) is 9.59 Å². The van der Waals surface area contributed by atoms with Gasteiger partial charge in [0.05, 0.1) is 0 Å². The van der Waals surface area contributed by atoms with Gasteiger partial charge in [-0.1, -0.05) is 0 Å². The number of nitrogens with zero attached hydrogens (tertiary/aromatic N) is 2. The van der Waals surface area contributed by atoms with Crippen LogP contribution in [0.15, 0.2) is 0 Å². The summed E-state index contributed by atoms with van der Waals surface area (Å²) < 4.78 is 0. The quantitative estimate of drug-likeness (QED) is 0.612. The van der Waals surface area contributed by atoms with Crippen LogP contribution in [0.3, 0.4) is 0 Å².